The van der Waals surface area contributed by atoms with E-state index in [9.17, 15) is 18.8 Å². The van der Waals surface area contributed by atoms with Crippen LogP contribution in [0.1, 0.15) is 12.0 Å². The van der Waals surface area contributed by atoms with Crippen molar-refractivity contribution in [3.8, 4) is 0 Å². The van der Waals surface area contributed by atoms with Crippen molar-refractivity contribution in [1.82, 2.24) is 0 Å². The van der Waals surface area contributed by atoms with Gasteiger partial charge in [-0.2, -0.15) is 0 Å². The zero-order valence-corrected chi connectivity index (χ0v) is 14.8. The molecule has 1 heterocycles. The van der Waals surface area contributed by atoms with Gasteiger partial charge < -0.3 is 15.0 Å². The van der Waals surface area contributed by atoms with E-state index >= 15 is 0 Å². The molecule has 1 N–H and O–H groups in total. The lowest BCUT2D eigenvalue weighted by Gasteiger charge is -2.17. The molecule has 0 bridgehead atoms. The summed E-state index contributed by atoms with van der Waals surface area (Å²) >= 11 is 0. The number of esters is 1. The molecule has 1 saturated heterocycles. The average Bonchev–Trinajstić information content (AvgIpc) is 3.02. The summed E-state index contributed by atoms with van der Waals surface area (Å²) in [6, 6.07) is 13.1. The maximum absolute atomic E-state index is 13.9. The molecule has 27 heavy (non-hydrogen) atoms. The van der Waals surface area contributed by atoms with Crippen molar-refractivity contribution in [2.45, 2.75) is 13.3 Å². The number of para-hydroxylation sites is 1. The van der Waals surface area contributed by atoms with Gasteiger partial charge in [-0.3, -0.25) is 14.4 Å². The lowest BCUT2D eigenvalue weighted by molar-refractivity contribution is -0.151. The monoisotopic (exact) mass is 370 g/mol. The van der Waals surface area contributed by atoms with Gasteiger partial charge in [0.25, 0.3) is 5.91 Å². The fourth-order valence-electron chi connectivity index (χ4n) is 2.94. The summed E-state index contributed by atoms with van der Waals surface area (Å²) in [6.07, 6.45) is -0.0767. The SMILES string of the molecule is Cc1cccc(NC(=O)COC(=O)[C@@H]2CC(=O)N(c3ccccc3F)C2)c1. The standard InChI is InChI=1S/C20H19FN2O4/c1-13-5-4-6-15(9-13)22-18(24)12-27-20(26)14-10-19(25)23(11-14)17-8-3-2-7-16(17)21/h2-9,14H,10-12H2,1H3,(H,22,24)/t14-/m1/s1. The highest BCUT2D eigenvalue weighted by atomic mass is 19.1. The fraction of sp³-hybridized carbons (Fsp3) is 0.250. The molecule has 0 unspecified atom stereocenters. The van der Waals surface area contributed by atoms with Gasteiger partial charge in [-0.1, -0.05) is 24.3 Å². The molecule has 0 aromatic heterocycles. The molecule has 1 aliphatic heterocycles. The summed E-state index contributed by atoms with van der Waals surface area (Å²) in [4.78, 5) is 37.5. The normalized spacial score (nSPS) is 16.3. The van der Waals surface area contributed by atoms with Crippen LogP contribution in [0.4, 0.5) is 15.8 Å². The molecule has 0 aliphatic carbocycles. The first-order valence-corrected chi connectivity index (χ1v) is 8.52. The van der Waals surface area contributed by atoms with Crippen molar-refractivity contribution < 1.29 is 23.5 Å². The third kappa shape index (κ3) is 4.49. The minimum absolute atomic E-state index is 0.0259. The van der Waals surface area contributed by atoms with Gasteiger partial charge in [0.1, 0.15) is 5.82 Å². The van der Waals surface area contributed by atoms with Gasteiger partial charge in [0.2, 0.25) is 5.91 Å². The summed E-state index contributed by atoms with van der Waals surface area (Å²) in [5, 5.41) is 2.64. The zero-order valence-electron chi connectivity index (χ0n) is 14.8. The number of nitrogens with zero attached hydrogens (tertiary/aromatic N) is 1. The Hall–Kier alpha value is -3.22. The van der Waals surface area contributed by atoms with E-state index in [1.165, 1.54) is 23.1 Å². The molecule has 3 rings (SSSR count). The van der Waals surface area contributed by atoms with E-state index in [4.69, 9.17) is 4.74 Å². The molecule has 2 aromatic rings. The average molecular weight is 370 g/mol. The predicted molar refractivity (Wildman–Crippen MR) is 97.6 cm³/mol. The van der Waals surface area contributed by atoms with Gasteiger partial charge in [-0.25, -0.2) is 4.39 Å². The van der Waals surface area contributed by atoms with Crippen LogP contribution in [0, 0.1) is 18.7 Å². The predicted octanol–water partition coefficient (Wildman–Crippen LogP) is 2.67. The van der Waals surface area contributed by atoms with E-state index in [-0.39, 0.29) is 24.6 Å². The van der Waals surface area contributed by atoms with Crippen LogP contribution < -0.4 is 10.2 Å². The molecule has 1 fully saturated rings. The third-order valence-corrected chi connectivity index (χ3v) is 4.25. The van der Waals surface area contributed by atoms with Crippen molar-refractivity contribution >= 4 is 29.2 Å². The molecule has 0 saturated carbocycles. The highest BCUT2D eigenvalue weighted by Crippen LogP contribution is 2.27. The third-order valence-electron chi connectivity index (χ3n) is 4.25. The smallest absolute Gasteiger partial charge is 0.311 e. The van der Waals surface area contributed by atoms with Crippen LogP contribution in [0.2, 0.25) is 0 Å². The Morgan fingerprint density at radius 2 is 2.00 bits per heavy atom. The van der Waals surface area contributed by atoms with E-state index in [1.807, 2.05) is 13.0 Å². The Morgan fingerprint density at radius 3 is 2.74 bits per heavy atom. The number of ether oxygens (including phenoxy) is 1. The number of aryl methyl sites for hydroxylation is 1. The Labute approximate surface area is 155 Å². The number of nitrogens with one attached hydrogen (secondary N) is 1. The van der Waals surface area contributed by atoms with Crippen molar-refractivity contribution in [2.24, 2.45) is 5.92 Å². The molecule has 7 heteroatoms. The van der Waals surface area contributed by atoms with Gasteiger partial charge in [0.15, 0.2) is 6.61 Å². The zero-order chi connectivity index (χ0) is 19.4. The molecule has 140 valence electrons. The summed E-state index contributed by atoms with van der Waals surface area (Å²) in [7, 11) is 0. The van der Waals surface area contributed by atoms with Gasteiger partial charge in [0.05, 0.1) is 11.6 Å². The lowest BCUT2D eigenvalue weighted by atomic mass is 10.1. The van der Waals surface area contributed by atoms with Crippen LogP contribution in [-0.2, 0) is 19.1 Å². The van der Waals surface area contributed by atoms with Crippen molar-refractivity contribution in [1.29, 1.82) is 0 Å². The first-order chi connectivity index (χ1) is 12.9. The van der Waals surface area contributed by atoms with Crippen molar-refractivity contribution in [3.63, 3.8) is 0 Å². The van der Waals surface area contributed by atoms with E-state index in [0.29, 0.717) is 5.69 Å². The minimum Gasteiger partial charge on any atom is -0.455 e. The number of hydrogen-bond acceptors (Lipinski definition) is 4. The first-order valence-electron chi connectivity index (χ1n) is 8.52. The number of anilines is 2. The maximum Gasteiger partial charge on any atom is 0.311 e. The lowest BCUT2D eigenvalue weighted by Crippen LogP contribution is -2.28. The van der Waals surface area contributed by atoms with Gasteiger partial charge in [0, 0.05) is 18.7 Å². The molecule has 2 aromatic carbocycles. The first kappa shape index (κ1) is 18.6. The van der Waals surface area contributed by atoms with Crippen LogP contribution in [0.5, 0.6) is 0 Å². The molecule has 6 nitrogen and oxygen atoms in total. The number of halogens is 1. The fourth-order valence-corrected chi connectivity index (χ4v) is 2.94. The molecule has 2 amide bonds. The molecule has 1 aliphatic rings. The number of carbonyl (C=O) groups is 3. The second kappa shape index (κ2) is 7.99. The molecular weight excluding hydrogens is 351 g/mol. The number of benzene rings is 2. The Morgan fingerprint density at radius 1 is 1.22 bits per heavy atom. The number of hydrogen-bond donors (Lipinski definition) is 1. The quantitative estimate of drug-likeness (QED) is 0.821. The molecule has 1 atom stereocenters. The highest BCUT2D eigenvalue weighted by molar-refractivity contribution is 6.00. The number of carbonyl (C=O) groups excluding carboxylic acids is 3. The minimum atomic E-state index is -0.733. The van der Waals surface area contributed by atoms with E-state index < -0.39 is 30.2 Å². The summed E-state index contributed by atoms with van der Waals surface area (Å²) in [6.45, 7) is 1.48. The molecule has 0 spiro atoms. The van der Waals surface area contributed by atoms with E-state index in [0.717, 1.165) is 5.56 Å². The Bertz CT molecular complexity index is 884. The molecule has 0 radical (unpaired) electrons. The number of amides is 2. The summed E-state index contributed by atoms with van der Waals surface area (Å²) in [5.74, 6) is -2.74. The summed E-state index contributed by atoms with van der Waals surface area (Å²) in [5.41, 5.74) is 1.73. The van der Waals surface area contributed by atoms with Gasteiger partial charge in [-0.15, -0.1) is 0 Å². The van der Waals surface area contributed by atoms with Gasteiger partial charge in [-0.05, 0) is 36.8 Å². The molecular formula is C20H19FN2O4. The maximum atomic E-state index is 13.9. The van der Waals surface area contributed by atoms with E-state index in [1.54, 1.807) is 24.3 Å². The topological polar surface area (TPSA) is 75.7 Å². The van der Waals surface area contributed by atoms with Gasteiger partial charge >= 0.3 is 5.97 Å². The van der Waals surface area contributed by atoms with Crippen LogP contribution in [0.25, 0.3) is 0 Å². The van der Waals surface area contributed by atoms with Crippen molar-refractivity contribution in [3.05, 3.63) is 59.9 Å². The van der Waals surface area contributed by atoms with Crippen molar-refractivity contribution in [2.75, 3.05) is 23.4 Å². The summed E-state index contributed by atoms with van der Waals surface area (Å²) < 4.78 is 18.9. The largest absolute Gasteiger partial charge is 0.455 e. The second-order valence-electron chi connectivity index (χ2n) is 6.38. The highest BCUT2D eigenvalue weighted by Gasteiger charge is 2.37. The van der Waals surface area contributed by atoms with Crippen LogP contribution >= 0.6 is 0 Å². The van der Waals surface area contributed by atoms with Crippen LogP contribution in [-0.4, -0.2) is 30.9 Å². The van der Waals surface area contributed by atoms with Crippen LogP contribution in [0.3, 0.4) is 0 Å². The van der Waals surface area contributed by atoms with E-state index in [2.05, 4.69) is 5.32 Å². The Kier molecular flexibility index (Phi) is 5.49. The number of rotatable bonds is 5. The second-order valence-corrected chi connectivity index (χ2v) is 6.38. The van der Waals surface area contributed by atoms with Crippen LogP contribution in [0.15, 0.2) is 48.5 Å². The Balaban J connectivity index is 1.53.